The van der Waals surface area contributed by atoms with Crippen LogP contribution >= 0.6 is 0 Å². The van der Waals surface area contributed by atoms with Crippen LogP contribution < -0.4 is 14.8 Å². The van der Waals surface area contributed by atoms with Crippen molar-refractivity contribution in [2.45, 2.75) is 44.6 Å². The van der Waals surface area contributed by atoms with Gasteiger partial charge in [-0.3, -0.25) is 9.78 Å². The molecule has 0 saturated heterocycles. The van der Waals surface area contributed by atoms with Gasteiger partial charge in [-0.2, -0.15) is 0 Å². The molecule has 2 saturated carbocycles. The number of aromatic nitrogens is 1. The molecule has 0 bridgehead atoms. The van der Waals surface area contributed by atoms with Gasteiger partial charge in [-0.1, -0.05) is 18.9 Å². The number of hydrogen-bond acceptors (Lipinski definition) is 4. The highest BCUT2D eigenvalue weighted by Crippen LogP contribution is 2.55. The van der Waals surface area contributed by atoms with Crippen LogP contribution in [0.2, 0.25) is 0 Å². The molecule has 0 unspecified atom stereocenters. The normalized spacial score (nSPS) is 26.0. The van der Waals surface area contributed by atoms with E-state index < -0.39 is 0 Å². The fraction of sp³-hybridized carbons (Fsp3) is 0.478. The largest absolute Gasteiger partial charge is 0.493 e. The van der Waals surface area contributed by atoms with Gasteiger partial charge in [0.05, 0.1) is 19.8 Å². The van der Waals surface area contributed by atoms with Gasteiger partial charge in [0.2, 0.25) is 0 Å². The number of carbonyl (C=O) groups is 1. The predicted molar refractivity (Wildman–Crippen MR) is 108 cm³/mol. The first kappa shape index (κ1) is 18.8. The smallest absolute Gasteiger partial charge is 0.253 e. The SMILES string of the molecule is COc1ccc([C@H]2[C@H]3CCCC[C@@H]3[C@@H]2NC(=O)c2cccnc2C)cc1OC. The number of pyridine rings is 1. The second-order valence-corrected chi connectivity index (χ2v) is 7.89. The van der Waals surface area contributed by atoms with Crippen LogP contribution in [0.4, 0.5) is 0 Å². The monoisotopic (exact) mass is 380 g/mol. The number of aryl methyl sites for hydroxylation is 1. The summed E-state index contributed by atoms with van der Waals surface area (Å²) in [5.41, 5.74) is 2.64. The second-order valence-electron chi connectivity index (χ2n) is 7.89. The summed E-state index contributed by atoms with van der Waals surface area (Å²) >= 11 is 0. The molecule has 2 aliphatic rings. The van der Waals surface area contributed by atoms with Gasteiger partial charge < -0.3 is 14.8 Å². The molecule has 1 aromatic carbocycles. The van der Waals surface area contributed by atoms with E-state index in [0.717, 1.165) is 17.2 Å². The molecule has 28 heavy (non-hydrogen) atoms. The summed E-state index contributed by atoms with van der Waals surface area (Å²) in [4.78, 5) is 17.2. The Morgan fingerprint density at radius 3 is 2.54 bits per heavy atom. The first-order valence-corrected chi connectivity index (χ1v) is 10.1. The van der Waals surface area contributed by atoms with E-state index in [1.807, 2.05) is 25.1 Å². The third kappa shape index (κ3) is 3.23. The number of hydrogen-bond donors (Lipinski definition) is 1. The number of methoxy groups -OCH3 is 2. The number of nitrogens with one attached hydrogen (secondary N) is 1. The maximum Gasteiger partial charge on any atom is 0.253 e. The van der Waals surface area contributed by atoms with Gasteiger partial charge in [-0.15, -0.1) is 0 Å². The van der Waals surface area contributed by atoms with Gasteiger partial charge >= 0.3 is 0 Å². The molecule has 2 aromatic rings. The number of amides is 1. The van der Waals surface area contributed by atoms with Crippen molar-refractivity contribution in [2.75, 3.05) is 14.2 Å². The maximum atomic E-state index is 12.9. The molecule has 0 radical (unpaired) electrons. The van der Waals surface area contributed by atoms with Crippen LogP contribution in [0.1, 0.15) is 53.2 Å². The highest BCUT2D eigenvalue weighted by molar-refractivity contribution is 5.95. The van der Waals surface area contributed by atoms with Crippen LogP contribution in [-0.4, -0.2) is 31.2 Å². The van der Waals surface area contributed by atoms with Crippen molar-refractivity contribution in [3.63, 3.8) is 0 Å². The average molecular weight is 380 g/mol. The van der Waals surface area contributed by atoms with Crippen molar-refractivity contribution in [3.05, 3.63) is 53.3 Å². The van der Waals surface area contributed by atoms with E-state index in [-0.39, 0.29) is 11.9 Å². The topological polar surface area (TPSA) is 60.5 Å². The zero-order valence-corrected chi connectivity index (χ0v) is 16.8. The van der Waals surface area contributed by atoms with E-state index in [1.54, 1.807) is 20.4 Å². The van der Waals surface area contributed by atoms with Gasteiger partial charge in [0.15, 0.2) is 11.5 Å². The minimum absolute atomic E-state index is 0.0231. The Morgan fingerprint density at radius 1 is 1.07 bits per heavy atom. The molecule has 1 heterocycles. The van der Waals surface area contributed by atoms with Crippen LogP contribution in [0.15, 0.2) is 36.5 Å². The van der Waals surface area contributed by atoms with E-state index in [4.69, 9.17) is 9.47 Å². The third-order valence-electron chi connectivity index (χ3n) is 6.53. The van der Waals surface area contributed by atoms with Gasteiger partial charge in [0.25, 0.3) is 5.91 Å². The van der Waals surface area contributed by atoms with Crippen molar-refractivity contribution in [3.8, 4) is 11.5 Å². The van der Waals surface area contributed by atoms with E-state index in [0.29, 0.717) is 23.3 Å². The highest BCUT2D eigenvalue weighted by Gasteiger charge is 2.52. The standard InChI is InChI=1S/C23H28N2O3/c1-14-16(9-6-12-24-14)23(26)25-22-18-8-5-4-7-17(18)21(22)15-10-11-19(27-2)20(13-15)28-3/h6,9-13,17-18,21-22H,4-5,7-8H2,1-3H3,(H,25,26)/t17-,18-,21-,22-/m0/s1. The lowest BCUT2D eigenvalue weighted by Crippen LogP contribution is -2.59. The molecular weight excluding hydrogens is 352 g/mol. The molecule has 4 atom stereocenters. The Hall–Kier alpha value is -2.56. The first-order chi connectivity index (χ1) is 13.6. The van der Waals surface area contributed by atoms with Crippen LogP contribution in [0.5, 0.6) is 11.5 Å². The fourth-order valence-electron chi connectivity index (χ4n) is 5.13. The molecule has 1 N–H and O–H groups in total. The van der Waals surface area contributed by atoms with Crippen LogP contribution in [0, 0.1) is 18.8 Å². The summed E-state index contributed by atoms with van der Waals surface area (Å²) in [6, 6.07) is 9.97. The molecule has 0 spiro atoms. The number of benzene rings is 1. The molecule has 1 amide bonds. The summed E-state index contributed by atoms with van der Waals surface area (Å²) in [5.74, 6) is 2.93. The van der Waals surface area contributed by atoms with Crippen LogP contribution in [0.25, 0.3) is 0 Å². The Morgan fingerprint density at radius 2 is 1.82 bits per heavy atom. The fourth-order valence-corrected chi connectivity index (χ4v) is 5.13. The highest BCUT2D eigenvalue weighted by atomic mass is 16.5. The number of carbonyl (C=O) groups excluding carboxylic acids is 1. The summed E-state index contributed by atoms with van der Waals surface area (Å²) in [6.07, 6.45) is 6.65. The van der Waals surface area contributed by atoms with E-state index in [9.17, 15) is 4.79 Å². The minimum atomic E-state index is -0.0231. The third-order valence-corrected chi connectivity index (χ3v) is 6.53. The zero-order chi connectivity index (χ0) is 19.7. The number of nitrogens with zero attached hydrogens (tertiary/aromatic N) is 1. The van der Waals surface area contributed by atoms with E-state index >= 15 is 0 Å². The maximum absolute atomic E-state index is 12.9. The van der Waals surface area contributed by atoms with Gasteiger partial charge in [0.1, 0.15) is 0 Å². The van der Waals surface area contributed by atoms with Crippen molar-refractivity contribution >= 4 is 5.91 Å². The average Bonchev–Trinajstić information content (AvgIpc) is 2.72. The van der Waals surface area contributed by atoms with Gasteiger partial charge in [-0.05, 0) is 61.4 Å². The second kappa shape index (κ2) is 7.82. The predicted octanol–water partition coefficient (Wildman–Crippen LogP) is 4.11. The summed E-state index contributed by atoms with van der Waals surface area (Å²) < 4.78 is 10.9. The first-order valence-electron chi connectivity index (χ1n) is 10.1. The number of ether oxygens (including phenoxy) is 2. The summed E-state index contributed by atoms with van der Waals surface area (Å²) in [5, 5.41) is 3.34. The lowest BCUT2D eigenvalue weighted by Gasteiger charge is -2.55. The lowest BCUT2D eigenvalue weighted by molar-refractivity contribution is 0.0250. The summed E-state index contributed by atoms with van der Waals surface area (Å²) in [7, 11) is 3.31. The van der Waals surface area contributed by atoms with Crippen molar-refractivity contribution in [1.29, 1.82) is 0 Å². The minimum Gasteiger partial charge on any atom is -0.493 e. The Labute approximate surface area is 166 Å². The van der Waals surface area contributed by atoms with Crippen molar-refractivity contribution < 1.29 is 14.3 Å². The number of fused-ring (bicyclic) bond motifs is 1. The quantitative estimate of drug-likeness (QED) is 0.848. The Bertz CT molecular complexity index is 867. The Balaban J connectivity index is 1.61. The molecule has 2 aliphatic carbocycles. The molecule has 1 aromatic heterocycles. The molecular formula is C23H28N2O3. The molecule has 2 fully saturated rings. The molecule has 0 aliphatic heterocycles. The van der Waals surface area contributed by atoms with E-state index in [1.165, 1.54) is 31.2 Å². The van der Waals surface area contributed by atoms with Crippen LogP contribution in [0.3, 0.4) is 0 Å². The van der Waals surface area contributed by atoms with Crippen LogP contribution in [-0.2, 0) is 0 Å². The molecule has 148 valence electrons. The molecule has 5 heteroatoms. The Kier molecular flexibility index (Phi) is 5.25. The summed E-state index contributed by atoms with van der Waals surface area (Å²) in [6.45, 7) is 1.88. The lowest BCUT2D eigenvalue weighted by atomic mass is 9.53. The van der Waals surface area contributed by atoms with Gasteiger partial charge in [0, 0.05) is 23.9 Å². The molecule has 4 rings (SSSR count). The number of rotatable bonds is 5. The van der Waals surface area contributed by atoms with Crippen molar-refractivity contribution in [2.24, 2.45) is 11.8 Å². The van der Waals surface area contributed by atoms with E-state index in [2.05, 4.69) is 22.4 Å². The van der Waals surface area contributed by atoms with Gasteiger partial charge in [-0.25, -0.2) is 0 Å². The zero-order valence-electron chi connectivity index (χ0n) is 16.8. The van der Waals surface area contributed by atoms with Crippen molar-refractivity contribution in [1.82, 2.24) is 10.3 Å². The molecule has 5 nitrogen and oxygen atoms in total.